The number of rotatable bonds is 0. The Morgan fingerprint density at radius 1 is 0.256 bits per heavy atom. The molecule has 0 amide bonds. The average molecular weight is 2480 g/mol. The van der Waals surface area contributed by atoms with Crippen molar-refractivity contribution in [3.63, 3.8) is 0 Å². The van der Waals surface area contributed by atoms with Crippen molar-refractivity contribution < 1.29 is 441 Å². The Kier molecular flexibility index (Phi) is 400. The molecular formula is La4O25Pb4Ti5Zr5. The minimum absolute atomic E-state index is 0. The molecule has 8 radical (unpaired) electrons. The number of hydrogen-bond acceptors (Lipinski definition) is 25. The summed E-state index contributed by atoms with van der Waals surface area (Å²) >= 11 is -31.8. The van der Waals surface area contributed by atoms with Gasteiger partial charge in [0.15, 0.2) is 0 Å². The quantitative estimate of drug-likeness (QED) is 0.203. The molecule has 0 aromatic carbocycles. The van der Waals surface area contributed by atoms with Crippen LogP contribution < -0.4 is 68.7 Å². The van der Waals surface area contributed by atoms with Crippen LogP contribution in [-0.4, -0.2) is 109 Å². The molecule has 43 heteroatoms. The molecule has 0 aliphatic carbocycles. The van der Waals surface area contributed by atoms with E-state index in [-0.39, 0.29) is 252 Å². The predicted octanol–water partition coefficient (Wildman–Crippen LogP) is -25.9. The van der Waals surface area contributed by atoms with Gasteiger partial charge < -0.3 is 0 Å². The van der Waals surface area contributed by atoms with Crippen LogP contribution in [0.5, 0.6) is 0 Å². The first-order valence-corrected chi connectivity index (χ1v) is 24.7. The first-order chi connectivity index (χ1) is 15.7. The van der Waals surface area contributed by atoms with Crippen molar-refractivity contribution in [2.24, 2.45) is 0 Å². The Morgan fingerprint density at radius 2 is 0.256 bits per heavy atom. The summed E-state index contributed by atoms with van der Waals surface area (Å²) in [6.45, 7) is 0. The fourth-order valence-electron chi connectivity index (χ4n) is 0. The van der Waals surface area contributed by atoms with E-state index >= 15 is 0 Å². The molecule has 0 aromatic heterocycles. The molecule has 0 rings (SSSR count). The standard InChI is InChI=1S/4La.25O.4Pb.5Ti.5Zr/q4*+3;;;;;;20*-1;4*+2;;;;;;;;;;. The predicted molar refractivity (Wildman–Crippen MR) is 26.4 cm³/mol. The first kappa shape index (κ1) is 118. The van der Waals surface area contributed by atoms with E-state index < -0.39 is 214 Å². The van der Waals surface area contributed by atoms with Crippen LogP contribution in [0.2, 0.25) is 0 Å². The minimum atomic E-state index is -4.08. The third-order valence-electron chi connectivity index (χ3n) is 0. The van der Waals surface area contributed by atoms with Crippen molar-refractivity contribution in [3.05, 3.63) is 0 Å². The van der Waals surface area contributed by atoms with Crippen LogP contribution in [0.1, 0.15) is 0 Å². The zero-order chi connectivity index (χ0) is 31.4. The zero-order valence-electron chi connectivity index (χ0n) is 19.5. The van der Waals surface area contributed by atoms with Gasteiger partial charge in [0.1, 0.15) is 0 Å². The first-order valence-electron chi connectivity index (χ1n) is 5.10. The minimum Gasteiger partial charge on any atom is 2.00 e. The monoisotopic (exact) mass is 2480 g/mol. The molecule has 43 heavy (non-hydrogen) atoms. The average Bonchev–Trinajstić information content (AvgIpc) is 2.55. The van der Waals surface area contributed by atoms with Gasteiger partial charge in [0.05, 0.1) is 0 Å². The van der Waals surface area contributed by atoms with E-state index in [0.29, 0.717) is 0 Å². The van der Waals surface area contributed by atoms with Gasteiger partial charge in [-0.1, -0.05) is 0 Å². The van der Waals surface area contributed by atoms with E-state index in [0.717, 1.165) is 0 Å². The molecule has 0 saturated heterocycles. The molecule has 0 bridgehead atoms. The van der Waals surface area contributed by atoms with Crippen LogP contribution in [0.25, 0.3) is 0 Å². The third-order valence-corrected chi connectivity index (χ3v) is 0. The Hall–Kier alpha value is 14.7. The Bertz CT molecular complexity index is 316. The van der Waals surface area contributed by atoms with Crippen molar-refractivity contribution in [1.82, 2.24) is 0 Å². The Labute approximate surface area is 534 Å². The van der Waals surface area contributed by atoms with Gasteiger partial charge in [-0.2, -0.15) is 0 Å². The van der Waals surface area contributed by atoms with Gasteiger partial charge >= 0.3 is 551 Å². The second-order valence-electron chi connectivity index (χ2n) is 1.67. The Morgan fingerprint density at radius 3 is 0.256 bits per heavy atom. The molecular weight excluding hydrogens is 2480 g/mol. The second kappa shape index (κ2) is 146. The van der Waals surface area contributed by atoms with Gasteiger partial charge in [-0.25, -0.2) is 0 Å². The largest absolute Gasteiger partial charge is 2.00 e. The van der Waals surface area contributed by atoms with Crippen LogP contribution in [0.3, 0.4) is 0 Å². The van der Waals surface area contributed by atoms with Gasteiger partial charge in [0, 0.05) is 0 Å². The van der Waals surface area contributed by atoms with Gasteiger partial charge in [-0.05, 0) is 0 Å². The smallest absolute Gasteiger partial charge is 2.00 e. The molecule has 0 saturated carbocycles. The topological polar surface area (TPSA) is 547 Å². The second-order valence-corrected chi connectivity index (χ2v) is 7.62. The SMILES string of the molecule is [La+3].[La+3].[La+3].[La+3].[O-][Zr][O-].[O-][Zr][O-].[O-][Zr][O-].[O-][Zr][O-].[O-][Zr][O-].[O]=[Ti]([O-])[O-].[O]=[Ti]([O-])[O-].[O]=[Ti]([O-])[O-].[O]=[Ti]([O-])[O-].[O]=[Ti]([O-])[O-].[Pb+2].[Pb+2].[Pb+2].[Pb+2]. The third kappa shape index (κ3) is 788. The molecule has 0 atom stereocenters. The molecule has 0 spiro atoms. The maximum Gasteiger partial charge on any atom is 2.00 e. The van der Waals surface area contributed by atoms with Crippen molar-refractivity contribution in [2.45, 2.75) is 0 Å². The van der Waals surface area contributed by atoms with Crippen LogP contribution in [0.4, 0.5) is 0 Å². The molecule has 0 fully saturated rings. The summed E-state index contributed by atoms with van der Waals surface area (Å²) in [4.78, 5) is 0. The van der Waals surface area contributed by atoms with Crippen molar-refractivity contribution in [2.75, 3.05) is 0 Å². The van der Waals surface area contributed by atoms with E-state index in [9.17, 15) is 0 Å². The molecule has 0 aromatic rings. The number of hydrogen-bond donors (Lipinski definition) is 0. The molecule has 25 nitrogen and oxygen atoms in total. The summed E-state index contributed by atoms with van der Waals surface area (Å²) in [6, 6.07) is 0. The van der Waals surface area contributed by atoms with Crippen LogP contribution in [0.15, 0.2) is 0 Å². The zero-order valence-corrected chi connectivity index (χ0v) is 69.7. The summed E-state index contributed by atoms with van der Waals surface area (Å²) in [5.41, 5.74) is 0. The fourth-order valence-corrected chi connectivity index (χ4v) is 0. The normalized spacial score (nSPS) is 4.65. The summed E-state index contributed by atoms with van der Waals surface area (Å²) in [5.74, 6) is 0. The van der Waals surface area contributed by atoms with E-state index in [4.69, 9.17) is 85.3 Å². The molecule has 218 valence electrons. The van der Waals surface area contributed by atoms with Crippen molar-refractivity contribution >= 4 is 109 Å². The fraction of sp³-hybridized carbons (Fsp3) is 0. The van der Waals surface area contributed by atoms with Crippen LogP contribution in [-0.2, 0) is 230 Å². The maximum atomic E-state index is 8.58. The van der Waals surface area contributed by atoms with E-state index in [1.54, 1.807) is 0 Å². The molecule has 0 aliphatic heterocycles. The molecule has 0 unspecified atom stereocenters. The summed E-state index contributed by atoms with van der Waals surface area (Å²) < 4.78 is 214. The van der Waals surface area contributed by atoms with Crippen LogP contribution in [0, 0.1) is 142 Å². The molecule has 0 aliphatic rings. The van der Waals surface area contributed by atoms with E-state index in [1.165, 1.54) is 0 Å². The van der Waals surface area contributed by atoms with Gasteiger partial charge in [0.25, 0.3) is 0 Å². The van der Waals surface area contributed by atoms with Gasteiger partial charge in [0.2, 0.25) is 0 Å². The summed E-state index contributed by atoms with van der Waals surface area (Å²) in [7, 11) is 0. The van der Waals surface area contributed by atoms with E-state index in [2.05, 4.69) is 0 Å². The molecule has 0 heterocycles. The van der Waals surface area contributed by atoms with Gasteiger partial charge in [-0.3, -0.25) is 0 Å². The van der Waals surface area contributed by atoms with Crippen LogP contribution >= 0.6 is 0 Å². The van der Waals surface area contributed by atoms with E-state index in [1.807, 2.05) is 0 Å². The summed E-state index contributed by atoms with van der Waals surface area (Å²) in [5, 5.41) is 0. The maximum absolute atomic E-state index is 8.58. The van der Waals surface area contributed by atoms with Gasteiger partial charge in [-0.15, -0.1) is 0 Å². The molecule has 0 N–H and O–H groups in total. The van der Waals surface area contributed by atoms with Crippen molar-refractivity contribution in [3.8, 4) is 0 Å². The summed E-state index contributed by atoms with van der Waals surface area (Å²) in [6.07, 6.45) is 0. The Balaban J connectivity index is -0.00000000992. The van der Waals surface area contributed by atoms with Crippen molar-refractivity contribution in [1.29, 1.82) is 0 Å².